The number of nitrogens with one attached hydrogen (secondary N) is 1. The van der Waals surface area contributed by atoms with E-state index in [0.717, 1.165) is 13.1 Å². The van der Waals surface area contributed by atoms with Gasteiger partial charge in [0.1, 0.15) is 11.4 Å². The predicted octanol–water partition coefficient (Wildman–Crippen LogP) is 3.55. The van der Waals surface area contributed by atoms with Gasteiger partial charge in [-0.05, 0) is 38.6 Å². The molecular formula is C25H33F2N7O4S. The Morgan fingerprint density at radius 3 is 2.49 bits per heavy atom. The third kappa shape index (κ3) is 6.98. The topological polar surface area (TPSA) is 131 Å². The van der Waals surface area contributed by atoms with Crippen molar-refractivity contribution in [3.8, 4) is 0 Å². The Bertz CT molecular complexity index is 1370. The van der Waals surface area contributed by atoms with Crippen LogP contribution in [0.5, 0.6) is 0 Å². The lowest BCUT2D eigenvalue weighted by atomic mass is 10.1. The lowest BCUT2D eigenvalue weighted by Gasteiger charge is -2.33. The number of hydrogen-bond acceptors (Lipinski definition) is 8. The molecule has 212 valence electrons. The summed E-state index contributed by atoms with van der Waals surface area (Å²) in [6, 6.07) is 5.96. The first-order valence-electron chi connectivity index (χ1n) is 12.7. The summed E-state index contributed by atoms with van der Waals surface area (Å²) in [7, 11) is -1.21. The largest absolute Gasteiger partial charge is 0.463 e. The van der Waals surface area contributed by atoms with Crippen molar-refractivity contribution in [1.29, 1.82) is 0 Å². The molecule has 2 saturated heterocycles. The van der Waals surface area contributed by atoms with Crippen LogP contribution in [-0.4, -0.2) is 94.7 Å². The number of hydrogen-bond donors (Lipinski definition) is 2. The van der Waals surface area contributed by atoms with Gasteiger partial charge in [0.05, 0.1) is 15.4 Å². The number of aromatic nitrogens is 2. The molecule has 11 nitrogen and oxygen atoms in total. The van der Waals surface area contributed by atoms with Crippen LogP contribution in [0.25, 0.3) is 0 Å². The Labute approximate surface area is 226 Å². The molecule has 0 bridgehead atoms. The summed E-state index contributed by atoms with van der Waals surface area (Å²) >= 11 is 0. The van der Waals surface area contributed by atoms with Crippen molar-refractivity contribution in [2.75, 3.05) is 67.7 Å². The number of benzene rings is 1. The number of nitrogens with zero attached hydrogens (tertiary/aromatic N) is 6. The Morgan fingerprint density at radius 1 is 1.08 bits per heavy atom. The molecule has 1 atom stereocenters. The predicted molar refractivity (Wildman–Crippen MR) is 145 cm³/mol. The fourth-order valence-corrected chi connectivity index (χ4v) is 5.75. The molecule has 3 heterocycles. The lowest BCUT2D eigenvalue weighted by Crippen LogP contribution is -2.45. The second-order valence-electron chi connectivity index (χ2n) is 9.95. The van der Waals surface area contributed by atoms with E-state index in [1.54, 1.807) is 17.9 Å². The van der Waals surface area contributed by atoms with Gasteiger partial charge in [0.15, 0.2) is 0 Å². The summed E-state index contributed by atoms with van der Waals surface area (Å²) in [6.45, 7) is 5.08. The molecule has 0 saturated carbocycles. The molecule has 2 aliphatic rings. The van der Waals surface area contributed by atoms with Gasteiger partial charge in [-0.25, -0.2) is 22.8 Å². The number of piperazine rings is 1. The normalized spacial score (nSPS) is 19.6. The van der Waals surface area contributed by atoms with Crippen LogP contribution >= 0.6 is 0 Å². The maximum atomic E-state index is 14.2. The van der Waals surface area contributed by atoms with Crippen molar-refractivity contribution in [2.45, 2.75) is 37.0 Å². The minimum Gasteiger partial charge on any atom is -0.463 e. The second kappa shape index (κ2) is 11.4. The Hall–Kier alpha value is -3.39. The van der Waals surface area contributed by atoms with E-state index < -0.39 is 27.7 Å². The highest BCUT2D eigenvalue weighted by Crippen LogP contribution is 2.32. The summed E-state index contributed by atoms with van der Waals surface area (Å²) in [5.74, 6) is -2.60. The Kier molecular flexibility index (Phi) is 8.35. The number of carbonyl (C=O) groups excluding carboxylic acids is 1. The third-order valence-corrected chi connectivity index (χ3v) is 8.50. The van der Waals surface area contributed by atoms with Crippen molar-refractivity contribution >= 4 is 39.2 Å². The monoisotopic (exact) mass is 565 g/mol. The zero-order valence-electron chi connectivity index (χ0n) is 22.2. The molecule has 0 aliphatic carbocycles. The highest BCUT2D eigenvalue weighted by molar-refractivity contribution is 7.93. The first kappa shape index (κ1) is 28.6. The molecule has 1 aromatic carbocycles. The first-order chi connectivity index (χ1) is 18.3. The lowest BCUT2D eigenvalue weighted by molar-refractivity contribution is -0.0102. The standard InChI is InChI=1S/C25H33F2N7O4S/c1-17-20(22(35)29-18-6-4-7-19(16-18)39(3,38)31-24(36)37)21(33-10-5-8-25(26,27)9-11-33)30-23(28-17)34-14-12-32(2)13-15-34/h4,6-7,16H,5,8-15H2,1-3H3,(H,29,35)(H,36,37). The molecule has 0 radical (unpaired) electrons. The minimum atomic E-state index is -3.24. The smallest absolute Gasteiger partial charge is 0.439 e. The summed E-state index contributed by atoms with van der Waals surface area (Å²) in [5.41, 5.74) is 0.832. The van der Waals surface area contributed by atoms with Crippen LogP contribution in [0.15, 0.2) is 33.5 Å². The minimum absolute atomic E-state index is 0.0377. The van der Waals surface area contributed by atoms with Crippen LogP contribution in [0.3, 0.4) is 0 Å². The molecule has 4 rings (SSSR count). The summed E-state index contributed by atoms with van der Waals surface area (Å²) in [4.78, 5) is 40.0. The number of halogens is 2. The van der Waals surface area contributed by atoms with E-state index in [1.807, 2.05) is 11.9 Å². The van der Waals surface area contributed by atoms with E-state index in [0.29, 0.717) is 37.1 Å². The van der Waals surface area contributed by atoms with Crippen molar-refractivity contribution in [2.24, 2.45) is 4.36 Å². The molecule has 2 aromatic rings. The average Bonchev–Trinajstić information content (AvgIpc) is 3.03. The van der Waals surface area contributed by atoms with Crippen molar-refractivity contribution in [3.05, 3.63) is 35.5 Å². The van der Waals surface area contributed by atoms with Crippen LogP contribution in [0.1, 0.15) is 35.3 Å². The Balaban J connectivity index is 1.70. The molecule has 2 aliphatic heterocycles. The maximum Gasteiger partial charge on any atom is 0.439 e. The number of carbonyl (C=O) groups is 2. The zero-order chi connectivity index (χ0) is 28.4. The number of anilines is 3. The van der Waals surface area contributed by atoms with Crippen LogP contribution in [0, 0.1) is 6.92 Å². The molecule has 2 amide bonds. The van der Waals surface area contributed by atoms with Gasteiger partial charge in [0, 0.05) is 68.9 Å². The van der Waals surface area contributed by atoms with Crippen LogP contribution in [0.2, 0.25) is 0 Å². The number of likely N-dealkylation sites (N-methyl/N-ethyl adjacent to an activating group) is 1. The molecule has 2 N–H and O–H groups in total. The molecular weight excluding hydrogens is 532 g/mol. The van der Waals surface area contributed by atoms with Crippen molar-refractivity contribution in [1.82, 2.24) is 14.9 Å². The van der Waals surface area contributed by atoms with E-state index in [-0.39, 0.29) is 42.0 Å². The molecule has 0 spiro atoms. The van der Waals surface area contributed by atoms with Gasteiger partial charge in [0.25, 0.3) is 5.91 Å². The number of rotatable bonds is 5. The summed E-state index contributed by atoms with van der Waals surface area (Å²) in [6.07, 6.45) is -0.685. The zero-order valence-corrected chi connectivity index (χ0v) is 23.0. The van der Waals surface area contributed by atoms with Crippen molar-refractivity contribution < 1.29 is 27.7 Å². The van der Waals surface area contributed by atoms with E-state index in [9.17, 15) is 22.6 Å². The van der Waals surface area contributed by atoms with Gasteiger partial charge in [0.2, 0.25) is 11.9 Å². The number of carboxylic acid groups (broad SMARTS) is 1. The quantitative estimate of drug-likeness (QED) is 0.559. The van der Waals surface area contributed by atoms with Gasteiger partial charge in [-0.2, -0.15) is 4.98 Å². The van der Waals surface area contributed by atoms with Crippen LogP contribution < -0.4 is 15.1 Å². The number of alkyl halides is 2. The van der Waals surface area contributed by atoms with Crippen LogP contribution in [-0.2, 0) is 9.73 Å². The van der Waals surface area contributed by atoms with Gasteiger partial charge in [-0.3, -0.25) is 4.79 Å². The van der Waals surface area contributed by atoms with Gasteiger partial charge >= 0.3 is 6.09 Å². The van der Waals surface area contributed by atoms with E-state index in [1.165, 1.54) is 24.5 Å². The fraction of sp³-hybridized carbons (Fsp3) is 0.520. The van der Waals surface area contributed by atoms with Crippen LogP contribution in [0.4, 0.5) is 31.0 Å². The van der Waals surface area contributed by atoms with E-state index in [2.05, 4.69) is 19.6 Å². The second-order valence-corrected chi connectivity index (χ2v) is 12.2. The SMILES string of the molecule is Cc1nc(N2CCN(C)CC2)nc(N2CCCC(F)(F)CC2)c1C(=O)Nc1cccc(S(C)(=O)=NC(=O)O)c1. The fourth-order valence-electron chi connectivity index (χ4n) is 4.67. The number of aryl methyl sites for hydroxylation is 1. The van der Waals surface area contributed by atoms with Gasteiger partial charge in [-0.15, -0.1) is 4.36 Å². The molecule has 14 heteroatoms. The molecule has 1 unspecified atom stereocenters. The molecule has 39 heavy (non-hydrogen) atoms. The third-order valence-electron chi connectivity index (χ3n) is 6.87. The first-order valence-corrected chi connectivity index (χ1v) is 14.6. The summed E-state index contributed by atoms with van der Waals surface area (Å²) < 4.78 is 44.4. The molecule has 2 fully saturated rings. The summed E-state index contributed by atoms with van der Waals surface area (Å²) in [5, 5.41) is 11.7. The van der Waals surface area contributed by atoms with Crippen molar-refractivity contribution in [3.63, 3.8) is 0 Å². The van der Waals surface area contributed by atoms with E-state index in [4.69, 9.17) is 10.1 Å². The Morgan fingerprint density at radius 2 is 1.79 bits per heavy atom. The maximum absolute atomic E-state index is 14.2. The van der Waals surface area contributed by atoms with Gasteiger partial charge < -0.3 is 25.1 Å². The highest BCUT2D eigenvalue weighted by Gasteiger charge is 2.34. The van der Waals surface area contributed by atoms with Gasteiger partial charge in [-0.1, -0.05) is 6.07 Å². The average molecular weight is 566 g/mol. The molecule has 1 aromatic heterocycles. The van der Waals surface area contributed by atoms with E-state index >= 15 is 0 Å². The highest BCUT2D eigenvalue weighted by atomic mass is 32.2. The number of amides is 2.